The standard InChI is InChI=1S/C27H34N4O/c1-26-9-7-16(32)11-15(26)3-4-17-21-5-6-22(27(21,2)10-8-23(17)26)18-12-24(30)20(14-29)25(31)19(18)13-28/h3,12,16-17,21-23,32H,4-11,30-31H2,1-2H3/t16-,17-,21-,22+,23-,26-,27-/m0/s1. The van der Waals surface area contributed by atoms with Crippen LogP contribution in [-0.2, 0) is 0 Å². The van der Waals surface area contributed by atoms with E-state index < -0.39 is 0 Å². The van der Waals surface area contributed by atoms with Crippen LogP contribution in [0.2, 0.25) is 0 Å². The van der Waals surface area contributed by atoms with E-state index in [-0.39, 0.29) is 34.1 Å². The molecule has 3 saturated carbocycles. The molecule has 3 fully saturated rings. The van der Waals surface area contributed by atoms with Gasteiger partial charge in [0, 0.05) is 0 Å². The molecular formula is C27H34N4O. The SMILES string of the molecule is C[C@]12CC[C@H]3[C@@H](CC=C4C[C@@H](O)CC[C@@]43C)[C@@H]1CC[C@@H]2c1cc(N)c(C#N)c(N)c1C#N. The highest BCUT2D eigenvalue weighted by molar-refractivity contribution is 5.76. The Balaban J connectivity index is 1.52. The molecule has 1 aromatic carbocycles. The van der Waals surface area contributed by atoms with Gasteiger partial charge in [-0.1, -0.05) is 25.5 Å². The van der Waals surface area contributed by atoms with Crippen LogP contribution in [0.4, 0.5) is 11.4 Å². The van der Waals surface area contributed by atoms with Gasteiger partial charge in [-0.25, -0.2) is 0 Å². The van der Waals surface area contributed by atoms with E-state index in [0.717, 1.165) is 50.5 Å². The summed E-state index contributed by atoms with van der Waals surface area (Å²) < 4.78 is 0. The molecule has 1 aromatic rings. The zero-order chi connectivity index (χ0) is 22.8. The third kappa shape index (κ3) is 2.77. The van der Waals surface area contributed by atoms with E-state index in [1.165, 1.54) is 12.0 Å². The van der Waals surface area contributed by atoms with Gasteiger partial charge in [-0.3, -0.25) is 0 Å². The molecule has 4 aliphatic carbocycles. The lowest BCUT2D eigenvalue weighted by Gasteiger charge is -2.58. The van der Waals surface area contributed by atoms with Gasteiger partial charge in [-0.05, 0) is 97.5 Å². The molecule has 0 unspecified atom stereocenters. The minimum atomic E-state index is -0.174. The van der Waals surface area contributed by atoms with Crippen molar-refractivity contribution in [2.75, 3.05) is 11.5 Å². The largest absolute Gasteiger partial charge is 0.398 e. The van der Waals surface area contributed by atoms with Crippen LogP contribution in [-0.4, -0.2) is 11.2 Å². The number of nitrogens with two attached hydrogens (primary N) is 2. The van der Waals surface area contributed by atoms with E-state index in [1.54, 1.807) is 0 Å². The predicted octanol–water partition coefficient (Wildman–Crippen LogP) is 5.00. The molecule has 0 aromatic heterocycles. The summed E-state index contributed by atoms with van der Waals surface area (Å²) in [5.41, 5.74) is 16.5. The first-order chi connectivity index (χ1) is 15.2. The fourth-order valence-electron chi connectivity index (χ4n) is 8.42. The Bertz CT molecular complexity index is 1080. The van der Waals surface area contributed by atoms with Crippen molar-refractivity contribution in [3.05, 3.63) is 34.4 Å². The van der Waals surface area contributed by atoms with E-state index in [9.17, 15) is 15.6 Å². The summed E-state index contributed by atoms with van der Waals surface area (Å²) in [7, 11) is 0. The van der Waals surface area contributed by atoms with Gasteiger partial charge in [0.2, 0.25) is 0 Å². The maximum absolute atomic E-state index is 10.2. The molecule has 5 nitrogen and oxygen atoms in total. The molecule has 32 heavy (non-hydrogen) atoms. The Labute approximate surface area is 191 Å². The number of nitriles is 2. The third-order valence-electron chi connectivity index (χ3n) is 10.1. The molecule has 4 aliphatic rings. The smallest absolute Gasteiger partial charge is 0.104 e. The van der Waals surface area contributed by atoms with Gasteiger partial charge in [0.05, 0.1) is 28.6 Å². The molecule has 168 valence electrons. The lowest BCUT2D eigenvalue weighted by Crippen LogP contribution is -2.50. The number of fused-ring (bicyclic) bond motifs is 5. The van der Waals surface area contributed by atoms with E-state index in [2.05, 4.69) is 32.1 Å². The maximum atomic E-state index is 10.2. The lowest BCUT2D eigenvalue weighted by atomic mass is 9.47. The molecule has 0 spiro atoms. The number of hydrogen-bond donors (Lipinski definition) is 3. The second-order valence-corrected chi connectivity index (χ2v) is 11.3. The fraction of sp³-hybridized carbons (Fsp3) is 0.630. The normalized spacial score (nSPS) is 40.3. The minimum Gasteiger partial charge on any atom is -0.398 e. The molecule has 5 N–H and O–H groups in total. The Morgan fingerprint density at radius 2 is 1.75 bits per heavy atom. The molecular weight excluding hydrogens is 396 g/mol. The number of benzene rings is 1. The number of allylic oxidation sites excluding steroid dienone is 1. The van der Waals surface area contributed by atoms with Crippen molar-refractivity contribution in [2.24, 2.45) is 28.6 Å². The lowest BCUT2D eigenvalue weighted by molar-refractivity contribution is -0.0409. The fourth-order valence-corrected chi connectivity index (χ4v) is 8.42. The summed E-state index contributed by atoms with van der Waals surface area (Å²) in [5.74, 6) is 2.18. The van der Waals surface area contributed by atoms with Crippen LogP contribution in [0.5, 0.6) is 0 Å². The second-order valence-electron chi connectivity index (χ2n) is 11.3. The quantitative estimate of drug-likeness (QED) is 0.428. The van der Waals surface area contributed by atoms with Gasteiger partial charge in [-0.2, -0.15) is 10.5 Å². The molecule has 5 rings (SSSR count). The second kappa shape index (κ2) is 7.26. The van der Waals surface area contributed by atoms with Gasteiger partial charge in [0.15, 0.2) is 0 Å². The molecule has 7 atom stereocenters. The molecule has 0 radical (unpaired) electrons. The summed E-state index contributed by atoms with van der Waals surface area (Å²) in [5, 5.41) is 29.6. The van der Waals surface area contributed by atoms with Crippen molar-refractivity contribution in [3.8, 4) is 12.1 Å². The van der Waals surface area contributed by atoms with Crippen LogP contribution in [0.1, 0.15) is 87.8 Å². The Morgan fingerprint density at radius 1 is 1.00 bits per heavy atom. The number of anilines is 2. The monoisotopic (exact) mass is 430 g/mol. The Morgan fingerprint density at radius 3 is 2.47 bits per heavy atom. The van der Waals surface area contributed by atoms with Crippen LogP contribution < -0.4 is 11.5 Å². The number of hydrogen-bond acceptors (Lipinski definition) is 5. The van der Waals surface area contributed by atoms with Crippen molar-refractivity contribution in [2.45, 2.75) is 77.2 Å². The van der Waals surface area contributed by atoms with Crippen LogP contribution in [0.3, 0.4) is 0 Å². The number of nitrogen functional groups attached to an aromatic ring is 2. The average molecular weight is 431 g/mol. The summed E-state index contributed by atoms with van der Waals surface area (Å²) in [4.78, 5) is 0. The zero-order valence-corrected chi connectivity index (χ0v) is 19.2. The maximum Gasteiger partial charge on any atom is 0.104 e. The highest BCUT2D eigenvalue weighted by Crippen LogP contribution is 2.68. The average Bonchev–Trinajstić information content (AvgIpc) is 3.11. The number of rotatable bonds is 1. The van der Waals surface area contributed by atoms with E-state index in [1.807, 2.05) is 6.07 Å². The van der Waals surface area contributed by atoms with Crippen LogP contribution in [0, 0.1) is 51.2 Å². The summed E-state index contributed by atoms with van der Waals surface area (Å²) in [6.45, 7) is 4.87. The molecule has 0 amide bonds. The van der Waals surface area contributed by atoms with Gasteiger partial charge >= 0.3 is 0 Å². The topological polar surface area (TPSA) is 120 Å². The molecule has 0 aliphatic heterocycles. The summed E-state index contributed by atoms with van der Waals surface area (Å²) in [6.07, 6.45) is 10.8. The van der Waals surface area contributed by atoms with Crippen molar-refractivity contribution >= 4 is 11.4 Å². The number of aliphatic hydroxyl groups is 1. The van der Waals surface area contributed by atoms with Crippen LogP contribution >= 0.6 is 0 Å². The van der Waals surface area contributed by atoms with Crippen molar-refractivity contribution in [3.63, 3.8) is 0 Å². The Hall–Kier alpha value is -2.50. The highest BCUT2D eigenvalue weighted by atomic mass is 16.3. The van der Waals surface area contributed by atoms with Gasteiger partial charge in [0.25, 0.3) is 0 Å². The number of aliphatic hydroxyl groups excluding tert-OH is 1. The van der Waals surface area contributed by atoms with Gasteiger partial charge in [-0.15, -0.1) is 0 Å². The summed E-state index contributed by atoms with van der Waals surface area (Å²) >= 11 is 0. The molecule has 0 bridgehead atoms. The summed E-state index contributed by atoms with van der Waals surface area (Å²) in [6, 6.07) is 6.22. The minimum absolute atomic E-state index is 0.107. The van der Waals surface area contributed by atoms with E-state index in [0.29, 0.717) is 29.0 Å². The third-order valence-corrected chi connectivity index (χ3v) is 10.1. The van der Waals surface area contributed by atoms with Crippen LogP contribution in [0.25, 0.3) is 0 Å². The van der Waals surface area contributed by atoms with Crippen molar-refractivity contribution in [1.29, 1.82) is 10.5 Å². The van der Waals surface area contributed by atoms with E-state index >= 15 is 0 Å². The number of nitrogens with zero attached hydrogens (tertiary/aromatic N) is 2. The van der Waals surface area contributed by atoms with E-state index in [4.69, 9.17) is 11.5 Å². The predicted molar refractivity (Wildman–Crippen MR) is 125 cm³/mol. The zero-order valence-electron chi connectivity index (χ0n) is 19.2. The highest BCUT2D eigenvalue weighted by Gasteiger charge is 2.59. The van der Waals surface area contributed by atoms with Crippen LogP contribution in [0.15, 0.2) is 17.7 Å². The van der Waals surface area contributed by atoms with Gasteiger partial charge in [0.1, 0.15) is 12.1 Å². The molecule has 5 heteroatoms. The first-order valence-corrected chi connectivity index (χ1v) is 12.1. The molecule has 0 heterocycles. The van der Waals surface area contributed by atoms with Gasteiger partial charge < -0.3 is 16.6 Å². The Kier molecular flexibility index (Phi) is 4.84. The first-order valence-electron chi connectivity index (χ1n) is 12.1. The molecule has 0 saturated heterocycles. The van der Waals surface area contributed by atoms with Crippen molar-refractivity contribution < 1.29 is 5.11 Å². The van der Waals surface area contributed by atoms with Crippen molar-refractivity contribution in [1.82, 2.24) is 0 Å². The first kappa shape index (κ1) is 21.4.